The highest BCUT2D eigenvalue weighted by Gasteiger charge is 2.16. The van der Waals surface area contributed by atoms with Crippen LogP contribution in [0.2, 0.25) is 0 Å². The molecule has 0 aliphatic rings. The zero-order valence-corrected chi connectivity index (χ0v) is 14.9. The van der Waals surface area contributed by atoms with Crippen molar-refractivity contribution in [1.82, 2.24) is 5.32 Å². The molecule has 128 valence electrons. The Balaban J connectivity index is 0.00000484. The van der Waals surface area contributed by atoms with Crippen molar-refractivity contribution in [2.24, 2.45) is 11.7 Å². The van der Waals surface area contributed by atoms with Gasteiger partial charge in [0.05, 0.1) is 0 Å². The predicted molar refractivity (Wildman–Crippen MR) is 101 cm³/mol. The maximum Gasteiger partial charge on any atom is 0.223 e. The van der Waals surface area contributed by atoms with E-state index in [1.165, 1.54) is 5.56 Å². The van der Waals surface area contributed by atoms with Gasteiger partial charge in [-0.2, -0.15) is 0 Å². The highest BCUT2D eigenvalue weighted by molar-refractivity contribution is 5.85. The van der Waals surface area contributed by atoms with Crippen LogP contribution in [0, 0.1) is 5.92 Å². The lowest BCUT2D eigenvalue weighted by atomic mass is 9.98. The molecule has 0 aliphatic carbocycles. The lowest BCUT2D eigenvalue weighted by molar-refractivity contribution is -0.124. The Morgan fingerprint density at radius 3 is 2.04 bits per heavy atom. The number of amides is 1. The first-order valence-corrected chi connectivity index (χ1v) is 7.84. The van der Waals surface area contributed by atoms with Crippen LogP contribution >= 0.6 is 12.4 Å². The van der Waals surface area contributed by atoms with E-state index >= 15 is 0 Å². The molecular weight excluding hydrogens is 308 g/mol. The van der Waals surface area contributed by atoms with E-state index in [1.807, 2.05) is 12.1 Å². The van der Waals surface area contributed by atoms with Crippen molar-refractivity contribution in [2.45, 2.75) is 38.6 Å². The third kappa shape index (κ3) is 7.02. The minimum absolute atomic E-state index is 0. The summed E-state index contributed by atoms with van der Waals surface area (Å²) in [5.41, 5.74) is 8.49. The van der Waals surface area contributed by atoms with Gasteiger partial charge in [-0.15, -0.1) is 25.6 Å². The molecular formula is C19H29ClN2O. The number of nitrogens with one attached hydrogen (secondary N) is 1. The number of halogens is 1. The van der Waals surface area contributed by atoms with Crippen molar-refractivity contribution in [2.75, 3.05) is 6.54 Å². The third-order valence-electron chi connectivity index (χ3n) is 3.80. The van der Waals surface area contributed by atoms with Gasteiger partial charge in [-0.1, -0.05) is 50.3 Å². The molecule has 0 aliphatic heterocycles. The summed E-state index contributed by atoms with van der Waals surface area (Å²) >= 11 is 0. The molecule has 1 aromatic rings. The molecule has 1 rings (SSSR count). The van der Waals surface area contributed by atoms with Gasteiger partial charge in [-0.3, -0.25) is 4.79 Å². The van der Waals surface area contributed by atoms with Gasteiger partial charge in [0.1, 0.15) is 0 Å². The molecule has 0 fully saturated rings. The van der Waals surface area contributed by atoms with E-state index in [-0.39, 0.29) is 30.3 Å². The first-order chi connectivity index (χ1) is 10.5. The maximum absolute atomic E-state index is 12.1. The molecule has 1 aromatic carbocycles. The van der Waals surface area contributed by atoms with Crippen LogP contribution in [0.3, 0.4) is 0 Å². The van der Waals surface area contributed by atoms with Crippen LogP contribution in [0.25, 0.3) is 0 Å². The number of carbonyl (C=O) groups excluding carboxylic acids is 1. The van der Waals surface area contributed by atoms with Crippen LogP contribution in [0.4, 0.5) is 0 Å². The molecule has 0 radical (unpaired) electrons. The molecule has 0 bridgehead atoms. The number of hydrogen-bond donors (Lipinski definition) is 2. The summed E-state index contributed by atoms with van der Waals surface area (Å²) in [6, 6.07) is 8.08. The summed E-state index contributed by atoms with van der Waals surface area (Å²) < 4.78 is 0. The van der Waals surface area contributed by atoms with Gasteiger partial charge in [-0.05, 0) is 29.9 Å². The number of hydrogen-bond acceptors (Lipinski definition) is 2. The van der Waals surface area contributed by atoms with Crippen LogP contribution in [0.5, 0.6) is 0 Å². The minimum Gasteiger partial charge on any atom is -0.354 e. The van der Waals surface area contributed by atoms with Crippen LogP contribution in [-0.2, 0) is 4.79 Å². The standard InChI is InChI=1S/C19H28N2O.ClH/c1-5-7-17(8-6-2)19(22)21-13-18(20)16-11-9-15(10-12-16)14(3)4;/h5-6,9-12,14,17-18H,1-2,7-8,13,20H2,3-4H3,(H,21,22);1H. The molecule has 0 spiro atoms. The Bertz CT molecular complexity index is 487. The van der Waals surface area contributed by atoms with Crippen molar-refractivity contribution in [3.63, 3.8) is 0 Å². The molecule has 1 atom stereocenters. The first kappa shape index (κ1) is 21.4. The van der Waals surface area contributed by atoms with Crippen LogP contribution in [0.1, 0.15) is 49.8 Å². The van der Waals surface area contributed by atoms with E-state index in [9.17, 15) is 4.79 Å². The lowest BCUT2D eigenvalue weighted by Crippen LogP contribution is -2.35. The number of rotatable bonds is 9. The van der Waals surface area contributed by atoms with Gasteiger partial charge >= 0.3 is 0 Å². The fourth-order valence-electron chi connectivity index (χ4n) is 2.31. The lowest BCUT2D eigenvalue weighted by Gasteiger charge is -2.17. The van der Waals surface area contributed by atoms with Gasteiger partial charge in [0.15, 0.2) is 0 Å². The van der Waals surface area contributed by atoms with Crippen LogP contribution < -0.4 is 11.1 Å². The third-order valence-corrected chi connectivity index (χ3v) is 3.80. The van der Waals surface area contributed by atoms with E-state index in [1.54, 1.807) is 12.2 Å². The normalized spacial score (nSPS) is 11.7. The van der Waals surface area contributed by atoms with E-state index in [4.69, 9.17) is 5.73 Å². The second-order valence-electron chi connectivity index (χ2n) is 5.92. The first-order valence-electron chi connectivity index (χ1n) is 7.84. The van der Waals surface area contributed by atoms with Crippen molar-refractivity contribution < 1.29 is 4.79 Å². The summed E-state index contributed by atoms with van der Waals surface area (Å²) in [5, 5.41) is 2.93. The molecule has 3 N–H and O–H groups in total. The topological polar surface area (TPSA) is 55.1 Å². The molecule has 0 saturated heterocycles. The van der Waals surface area contributed by atoms with Crippen LogP contribution in [-0.4, -0.2) is 12.5 Å². The van der Waals surface area contributed by atoms with Crippen molar-refractivity contribution in [1.29, 1.82) is 0 Å². The quantitative estimate of drug-likeness (QED) is 0.666. The summed E-state index contributed by atoms with van der Waals surface area (Å²) in [4.78, 5) is 12.1. The predicted octanol–water partition coefficient (Wildman–Crippen LogP) is 4.12. The number of benzene rings is 1. The number of allylic oxidation sites excluding steroid dienone is 2. The zero-order valence-electron chi connectivity index (χ0n) is 14.1. The second kappa shape index (κ2) is 11.0. The summed E-state index contributed by atoms with van der Waals surface area (Å²) in [7, 11) is 0. The largest absolute Gasteiger partial charge is 0.354 e. The second-order valence-corrected chi connectivity index (χ2v) is 5.92. The van der Waals surface area contributed by atoms with Crippen molar-refractivity contribution in [3.8, 4) is 0 Å². The maximum atomic E-state index is 12.1. The Morgan fingerprint density at radius 1 is 1.13 bits per heavy atom. The van der Waals surface area contributed by atoms with Gasteiger partial charge in [0, 0.05) is 18.5 Å². The molecule has 4 heteroatoms. The van der Waals surface area contributed by atoms with Gasteiger partial charge < -0.3 is 11.1 Å². The summed E-state index contributed by atoms with van der Waals surface area (Å²) in [5.74, 6) is 0.406. The SMILES string of the molecule is C=CCC(CC=C)C(=O)NCC(N)c1ccc(C(C)C)cc1.Cl. The molecule has 3 nitrogen and oxygen atoms in total. The number of carbonyl (C=O) groups is 1. The van der Waals surface area contributed by atoms with E-state index in [0.717, 1.165) is 5.56 Å². The monoisotopic (exact) mass is 336 g/mol. The van der Waals surface area contributed by atoms with Gasteiger partial charge in [0.2, 0.25) is 5.91 Å². The molecule has 1 amide bonds. The Labute approximate surface area is 146 Å². The summed E-state index contributed by atoms with van der Waals surface area (Å²) in [6.45, 7) is 12.1. The Morgan fingerprint density at radius 2 is 1.61 bits per heavy atom. The fourth-order valence-corrected chi connectivity index (χ4v) is 2.31. The van der Waals surface area contributed by atoms with Crippen molar-refractivity contribution >= 4 is 18.3 Å². The molecule has 1 unspecified atom stereocenters. The number of nitrogens with two attached hydrogens (primary N) is 1. The van der Waals surface area contributed by atoms with E-state index in [0.29, 0.717) is 25.3 Å². The Hall–Kier alpha value is -1.58. The highest BCUT2D eigenvalue weighted by atomic mass is 35.5. The van der Waals surface area contributed by atoms with E-state index < -0.39 is 0 Å². The fraction of sp³-hybridized carbons (Fsp3) is 0.421. The van der Waals surface area contributed by atoms with Gasteiger partial charge in [-0.25, -0.2) is 0 Å². The van der Waals surface area contributed by atoms with Crippen molar-refractivity contribution in [3.05, 3.63) is 60.7 Å². The highest BCUT2D eigenvalue weighted by Crippen LogP contribution is 2.17. The van der Waals surface area contributed by atoms with E-state index in [2.05, 4.69) is 44.5 Å². The molecule has 0 aromatic heterocycles. The molecule has 23 heavy (non-hydrogen) atoms. The van der Waals surface area contributed by atoms with Crippen LogP contribution in [0.15, 0.2) is 49.6 Å². The molecule has 0 heterocycles. The zero-order chi connectivity index (χ0) is 16.5. The minimum atomic E-state index is -0.196. The summed E-state index contributed by atoms with van der Waals surface area (Å²) in [6.07, 6.45) is 4.82. The Kier molecular flexibility index (Phi) is 10.3. The average molecular weight is 337 g/mol. The van der Waals surface area contributed by atoms with Gasteiger partial charge in [0.25, 0.3) is 0 Å². The molecule has 0 saturated carbocycles. The average Bonchev–Trinajstić information content (AvgIpc) is 2.52. The smallest absolute Gasteiger partial charge is 0.223 e.